The first-order valence-corrected chi connectivity index (χ1v) is 19.0. The fraction of sp³-hybridized carbons (Fsp3) is 0.475. The molecule has 9 N–H and O–H groups in total. The minimum atomic E-state index is -1.23. The van der Waals surface area contributed by atoms with E-state index in [4.69, 9.17) is 5.73 Å². The molecule has 56 heavy (non-hydrogen) atoms. The van der Waals surface area contributed by atoms with Gasteiger partial charge in [0.25, 0.3) is 0 Å². The molecule has 1 aromatic heterocycles. The molecule has 1 aliphatic rings. The Kier molecular flexibility index (Phi) is 15.5. The van der Waals surface area contributed by atoms with Gasteiger partial charge in [-0.15, -0.1) is 0 Å². The van der Waals surface area contributed by atoms with Crippen molar-refractivity contribution in [2.45, 2.75) is 102 Å². The highest BCUT2D eigenvalue weighted by Gasteiger charge is 2.40. The van der Waals surface area contributed by atoms with Gasteiger partial charge in [0.15, 0.2) is 0 Å². The maximum atomic E-state index is 14.3. The van der Waals surface area contributed by atoms with Crippen LogP contribution in [0.2, 0.25) is 0 Å². The van der Waals surface area contributed by atoms with Gasteiger partial charge in [-0.2, -0.15) is 0 Å². The second kappa shape index (κ2) is 20.2. The molecular formula is C40H54N8O8. The number of rotatable bonds is 19. The quantitative estimate of drug-likeness (QED) is 0.0864. The summed E-state index contributed by atoms with van der Waals surface area (Å²) in [6.45, 7) is 7.37. The topological polar surface area (TPSA) is 249 Å². The van der Waals surface area contributed by atoms with Gasteiger partial charge in [-0.1, -0.05) is 76.6 Å². The number of hydrogen-bond donors (Lipinski definition) is 8. The number of phenolic OH excluding ortho intramolecular Hbond substituents is 1. The molecule has 3 aromatic rings. The molecule has 5 amide bonds. The number of nitrogens with zero attached hydrogens (tertiary/aromatic N) is 2. The molecule has 16 nitrogen and oxygen atoms in total. The van der Waals surface area contributed by atoms with Gasteiger partial charge in [-0.05, 0) is 47.9 Å². The van der Waals surface area contributed by atoms with Crippen LogP contribution in [-0.4, -0.2) is 103 Å². The molecule has 0 aliphatic carbocycles. The number of phenols is 1. The Balaban J connectivity index is 1.55. The minimum absolute atomic E-state index is 0.0189. The fourth-order valence-corrected chi connectivity index (χ4v) is 6.50. The van der Waals surface area contributed by atoms with Crippen molar-refractivity contribution in [3.05, 3.63) is 83.9 Å². The Morgan fingerprint density at radius 2 is 1.48 bits per heavy atom. The number of benzene rings is 2. The zero-order chi connectivity index (χ0) is 40.9. The highest BCUT2D eigenvalue weighted by molar-refractivity contribution is 5.97. The number of aromatic hydroxyl groups is 1. The first kappa shape index (κ1) is 43.0. The summed E-state index contributed by atoms with van der Waals surface area (Å²) in [6, 6.07) is 8.44. The lowest BCUT2D eigenvalue weighted by molar-refractivity contribution is -0.145. The maximum absolute atomic E-state index is 14.3. The van der Waals surface area contributed by atoms with Crippen molar-refractivity contribution in [3.8, 4) is 5.75 Å². The number of amides is 5. The second-order valence-electron chi connectivity index (χ2n) is 14.7. The number of nitrogens with one attached hydrogen (secondary N) is 5. The van der Waals surface area contributed by atoms with Gasteiger partial charge in [0, 0.05) is 37.7 Å². The van der Waals surface area contributed by atoms with Gasteiger partial charge in [-0.25, -0.2) is 9.78 Å². The first-order chi connectivity index (χ1) is 26.7. The Bertz CT molecular complexity index is 1790. The normalized spacial score (nSPS) is 17.2. The van der Waals surface area contributed by atoms with Crippen molar-refractivity contribution in [1.82, 2.24) is 36.1 Å². The van der Waals surface area contributed by atoms with Crippen LogP contribution < -0.4 is 27.0 Å². The van der Waals surface area contributed by atoms with E-state index in [0.29, 0.717) is 30.5 Å². The summed E-state index contributed by atoms with van der Waals surface area (Å²) >= 11 is 0. The third-order valence-electron chi connectivity index (χ3n) is 10.2. The predicted molar refractivity (Wildman–Crippen MR) is 207 cm³/mol. The van der Waals surface area contributed by atoms with Crippen molar-refractivity contribution < 1.29 is 39.0 Å². The van der Waals surface area contributed by atoms with Crippen LogP contribution in [0.5, 0.6) is 5.75 Å². The van der Waals surface area contributed by atoms with Crippen molar-refractivity contribution in [1.29, 1.82) is 0 Å². The summed E-state index contributed by atoms with van der Waals surface area (Å²) in [6.07, 6.45) is 4.24. The Morgan fingerprint density at radius 1 is 0.839 bits per heavy atom. The number of aromatic amines is 1. The monoisotopic (exact) mass is 774 g/mol. The summed E-state index contributed by atoms with van der Waals surface area (Å²) in [7, 11) is 0. The predicted octanol–water partition coefficient (Wildman–Crippen LogP) is 1.19. The SMILES string of the molecule is CCC(C)[C@H](NC(=O)[C@H](Cc1ccc(O)cc1)NC(=O)[C@@H](N)C(C)C)C(=O)N[C@@H](Cc1cnc[nH]1)C(=O)N1CCC[C@H]1C(=O)NC(Cc1ccccc1)C(=O)O. The molecule has 0 bridgehead atoms. The van der Waals surface area contributed by atoms with E-state index < -0.39 is 77.7 Å². The van der Waals surface area contributed by atoms with Crippen LogP contribution in [0.1, 0.15) is 63.8 Å². The van der Waals surface area contributed by atoms with Crippen molar-refractivity contribution in [2.75, 3.05) is 6.54 Å². The van der Waals surface area contributed by atoms with Crippen molar-refractivity contribution >= 4 is 35.5 Å². The molecule has 2 aromatic carbocycles. The maximum Gasteiger partial charge on any atom is 0.326 e. The standard InChI is InChI=1S/C40H54N8O8/c1-5-24(4)34(47-35(50)29(44-37(52)33(41)23(2)3)18-26-13-15-28(49)16-14-26)38(53)45-30(20-27-21-42-22-43-27)39(54)48-17-9-12-32(48)36(51)46-31(40(55)56)19-25-10-7-6-8-11-25/h6-8,10-11,13-16,21-24,29-34,49H,5,9,12,17-20,41H2,1-4H3,(H,42,43)(H,44,52)(H,45,53)(H,46,51)(H,47,50)(H,55,56)/t24?,29-,30-,31?,32-,33-,34-/m0/s1. The Morgan fingerprint density at radius 3 is 2.09 bits per heavy atom. The van der Waals surface area contributed by atoms with Crippen molar-refractivity contribution in [3.63, 3.8) is 0 Å². The molecule has 0 spiro atoms. The number of H-pyrrole nitrogens is 1. The number of carbonyl (C=O) groups excluding carboxylic acids is 5. The summed E-state index contributed by atoms with van der Waals surface area (Å²) in [4.78, 5) is 89.6. The van der Waals surface area contributed by atoms with Gasteiger partial charge in [0.1, 0.15) is 36.0 Å². The van der Waals surface area contributed by atoms with Crippen LogP contribution in [0.25, 0.3) is 0 Å². The van der Waals surface area contributed by atoms with Crippen LogP contribution in [-0.2, 0) is 48.0 Å². The van der Waals surface area contributed by atoms with Crippen LogP contribution in [0.4, 0.5) is 0 Å². The number of likely N-dealkylation sites (tertiary alicyclic amines) is 1. The number of imidazole rings is 1. The molecule has 1 fully saturated rings. The number of aliphatic carboxylic acids is 1. The zero-order valence-electron chi connectivity index (χ0n) is 32.2. The van der Waals surface area contributed by atoms with Crippen LogP contribution >= 0.6 is 0 Å². The lowest BCUT2D eigenvalue weighted by Crippen LogP contribution is -2.61. The molecule has 16 heteroatoms. The number of hydrogen-bond acceptors (Lipinski definition) is 9. The molecule has 302 valence electrons. The average Bonchev–Trinajstić information content (AvgIpc) is 3.89. The fourth-order valence-electron chi connectivity index (χ4n) is 6.50. The summed E-state index contributed by atoms with van der Waals surface area (Å²) in [5, 5.41) is 30.6. The molecule has 2 heterocycles. The van der Waals surface area contributed by atoms with Gasteiger partial charge in [0.05, 0.1) is 12.4 Å². The number of nitrogens with two attached hydrogens (primary N) is 1. The third kappa shape index (κ3) is 11.9. The van der Waals surface area contributed by atoms with E-state index in [-0.39, 0.29) is 37.5 Å². The van der Waals surface area contributed by atoms with Gasteiger partial charge >= 0.3 is 5.97 Å². The lowest BCUT2D eigenvalue weighted by Gasteiger charge is -2.31. The molecule has 1 saturated heterocycles. The van der Waals surface area contributed by atoms with Gasteiger partial charge in [0.2, 0.25) is 29.5 Å². The summed E-state index contributed by atoms with van der Waals surface area (Å²) in [5.41, 5.74) is 7.98. The summed E-state index contributed by atoms with van der Waals surface area (Å²) < 4.78 is 0. The van der Waals surface area contributed by atoms with Crippen LogP contribution in [0.3, 0.4) is 0 Å². The molecule has 2 unspecified atom stereocenters. The van der Waals surface area contributed by atoms with Crippen molar-refractivity contribution in [2.24, 2.45) is 17.6 Å². The highest BCUT2D eigenvalue weighted by Crippen LogP contribution is 2.21. The minimum Gasteiger partial charge on any atom is -0.508 e. The Labute approximate surface area is 326 Å². The smallest absolute Gasteiger partial charge is 0.326 e. The molecule has 0 radical (unpaired) electrons. The number of aromatic nitrogens is 2. The van der Waals surface area contributed by atoms with E-state index in [2.05, 4.69) is 31.2 Å². The first-order valence-electron chi connectivity index (χ1n) is 19.0. The number of carboxylic acids is 1. The van der Waals surface area contributed by atoms with E-state index in [1.165, 1.54) is 29.6 Å². The van der Waals surface area contributed by atoms with Gasteiger partial charge in [-0.3, -0.25) is 24.0 Å². The van der Waals surface area contributed by atoms with E-state index in [0.717, 1.165) is 5.56 Å². The molecule has 0 saturated carbocycles. The number of carboxylic acid groups (broad SMARTS) is 1. The zero-order valence-corrected chi connectivity index (χ0v) is 32.2. The summed E-state index contributed by atoms with van der Waals surface area (Å²) in [5.74, 6) is -4.86. The molecule has 1 aliphatic heterocycles. The van der Waals surface area contributed by atoms with E-state index >= 15 is 0 Å². The van der Waals surface area contributed by atoms with Crippen LogP contribution in [0.15, 0.2) is 67.1 Å². The van der Waals surface area contributed by atoms with E-state index in [9.17, 15) is 39.0 Å². The lowest BCUT2D eigenvalue weighted by atomic mass is 9.96. The molecular weight excluding hydrogens is 720 g/mol. The average molecular weight is 775 g/mol. The molecule has 4 rings (SSSR count). The van der Waals surface area contributed by atoms with Crippen LogP contribution in [0, 0.1) is 11.8 Å². The second-order valence-corrected chi connectivity index (χ2v) is 14.7. The van der Waals surface area contributed by atoms with E-state index in [1.807, 2.05) is 6.92 Å². The van der Waals surface area contributed by atoms with Gasteiger partial charge < -0.3 is 47.1 Å². The molecule has 7 atom stereocenters. The van der Waals surface area contributed by atoms with E-state index in [1.54, 1.807) is 63.2 Å². The number of carbonyl (C=O) groups is 6. The highest BCUT2D eigenvalue weighted by atomic mass is 16.4. The largest absolute Gasteiger partial charge is 0.508 e. The Hall–Kier alpha value is -5.77. The third-order valence-corrected chi connectivity index (χ3v) is 10.2.